The summed E-state index contributed by atoms with van der Waals surface area (Å²) in [6.45, 7) is 7.90. The summed E-state index contributed by atoms with van der Waals surface area (Å²) in [4.78, 5) is 9.35. The first kappa shape index (κ1) is 19.1. The molecule has 160 valence electrons. The minimum absolute atomic E-state index is 0.240. The second-order valence-electron chi connectivity index (χ2n) is 8.67. The molecule has 2 aromatic carbocycles. The van der Waals surface area contributed by atoms with Gasteiger partial charge < -0.3 is 15.1 Å². The predicted octanol–water partition coefficient (Wildman–Crippen LogP) is 3.45. The van der Waals surface area contributed by atoms with Crippen LogP contribution in [-0.4, -0.2) is 47.5 Å². The lowest BCUT2D eigenvalue weighted by atomic mass is 10.0. The van der Waals surface area contributed by atoms with Crippen molar-refractivity contribution in [3.8, 4) is 6.07 Å². The van der Waals surface area contributed by atoms with Crippen molar-refractivity contribution < 1.29 is 0 Å². The number of fused-ring (bicyclic) bond motifs is 4. The molecule has 0 spiro atoms. The SMILES string of the molecule is C[C@@H]1CN(c2ccc(C#N)c3ncccc23)Cc2c3cccc(N4CCNCC4)c3nn21. The summed E-state index contributed by atoms with van der Waals surface area (Å²) in [7, 11) is 0. The van der Waals surface area contributed by atoms with Crippen molar-refractivity contribution in [3.63, 3.8) is 0 Å². The van der Waals surface area contributed by atoms with E-state index >= 15 is 0 Å². The maximum atomic E-state index is 9.51. The van der Waals surface area contributed by atoms with Crippen molar-refractivity contribution in [1.29, 1.82) is 5.26 Å². The van der Waals surface area contributed by atoms with Crippen LogP contribution in [0.4, 0.5) is 11.4 Å². The summed E-state index contributed by atoms with van der Waals surface area (Å²) in [5.41, 5.74) is 6.09. The average molecular weight is 424 g/mol. The van der Waals surface area contributed by atoms with Crippen molar-refractivity contribution in [2.24, 2.45) is 0 Å². The summed E-state index contributed by atoms with van der Waals surface area (Å²) in [6, 6.07) is 17.0. The monoisotopic (exact) mass is 423 g/mol. The van der Waals surface area contributed by atoms with Crippen molar-refractivity contribution >= 4 is 33.2 Å². The minimum atomic E-state index is 0.240. The van der Waals surface area contributed by atoms with Gasteiger partial charge in [0.25, 0.3) is 0 Å². The van der Waals surface area contributed by atoms with E-state index in [9.17, 15) is 5.26 Å². The van der Waals surface area contributed by atoms with Crippen LogP contribution < -0.4 is 15.1 Å². The van der Waals surface area contributed by atoms with Gasteiger partial charge in [-0.1, -0.05) is 12.1 Å². The number of aromatic nitrogens is 3. The number of hydrogen-bond donors (Lipinski definition) is 1. The zero-order valence-electron chi connectivity index (χ0n) is 18.1. The molecule has 1 fully saturated rings. The van der Waals surface area contributed by atoms with Crippen LogP contribution in [0.25, 0.3) is 21.8 Å². The van der Waals surface area contributed by atoms with E-state index in [1.54, 1.807) is 6.20 Å². The fourth-order valence-corrected chi connectivity index (χ4v) is 5.19. The van der Waals surface area contributed by atoms with Gasteiger partial charge in [-0.25, -0.2) is 0 Å². The number of piperazine rings is 1. The molecule has 1 atom stereocenters. The third-order valence-electron chi connectivity index (χ3n) is 6.72. The molecule has 0 unspecified atom stereocenters. The third kappa shape index (κ3) is 2.91. The van der Waals surface area contributed by atoms with Crippen molar-refractivity contribution in [1.82, 2.24) is 20.1 Å². The first-order valence-corrected chi connectivity index (χ1v) is 11.2. The van der Waals surface area contributed by atoms with Crippen molar-refractivity contribution in [2.75, 3.05) is 42.5 Å². The summed E-state index contributed by atoms with van der Waals surface area (Å²) >= 11 is 0. The topological polar surface area (TPSA) is 73.0 Å². The number of nitrogens with zero attached hydrogens (tertiary/aromatic N) is 6. The van der Waals surface area contributed by atoms with Gasteiger partial charge in [0.05, 0.1) is 35.0 Å². The zero-order chi connectivity index (χ0) is 21.7. The van der Waals surface area contributed by atoms with Gasteiger partial charge in [0.1, 0.15) is 11.6 Å². The van der Waals surface area contributed by atoms with Crippen molar-refractivity contribution in [3.05, 3.63) is 59.9 Å². The van der Waals surface area contributed by atoms with E-state index in [2.05, 4.69) is 68.1 Å². The van der Waals surface area contributed by atoms with E-state index < -0.39 is 0 Å². The Morgan fingerprint density at radius 3 is 2.66 bits per heavy atom. The number of hydrogen-bond acceptors (Lipinski definition) is 6. The molecule has 2 aliphatic heterocycles. The van der Waals surface area contributed by atoms with Crippen LogP contribution >= 0.6 is 0 Å². The van der Waals surface area contributed by atoms with E-state index in [1.807, 2.05) is 12.1 Å². The molecule has 32 heavy (non-hydrogen) atoms. The molecule has 0 aliphatic carbocycles. The molecule has 7 nitrogen and oxygen atoms in total. The van der Waals surface area contributed by atoms with Gasteiger partial charge in [-0.15, -0.1) is 0 Å². The average Bonchev–Trinajstić information content (AvgIpc) is 3.23. The molecule has 4 heterocycles. The van der Waals surface area contributed by atoms with Crippen LogP contribution in [0.2, 0.25) is 0 Å². The lowest BCUT2D eigenvalue weighted by molar-refractivity contribution is 0.430. The Morgan fingerprint density at radius 2 is 1.81 bits per heavy atom. The van der Waals surface area contributed by atoms with Gasteiger partial charge in [0, 0.05) is 55.4 Å². The first-order valence-electron chi connectivity index (χ1n) is 11.2. The van der Waals surface area contributed by atoms with Crippen molar-refractivity contribution in [2.45, 2.75) is 19.5 Å². The van der Waals surface area contributed by atoms with E-state index in [1.165, 1.54) is 16.8 Å². The Bertz CT molecular complexity index is 1360. The molecule has 0 bridgehead atoms. The minimum Gasteiger partial charge on any atom is -0.367 e. The highest BCUT2D eigenvalue weighted by molar-refractivity contribution is 5.96. The highest BCUT2D eigenvalue weighted by Gasteiger charge is 2.28. The molecule has 6 rings (SSSR count). The fourth-order valence-electron chi connectivity index (χ4n) is 5.19. The molecule has 0 saturated carbocycles. The maximum absolute atomic E-state index is 9.51. The normalized spacial score (nSPS) is 18.7. The Morgan fingerprint density at radius 1 is 0.969 bits per heavy atom. The number of benzene rings is 2. The summed E-state index contributed by atoms with van der Waals surface area (Å²) in [5.74, 6) is 0. The Hall–Kier alpha value is -3.63. The van der Waals surface area contributed by atoms with Crippen LogP contribution in [0.3, 0.4) is 0 Å². The molecule has 0 amide bonds. The third-order valence-corrected chi connectivity index (χ3v) is 6.72. The first-order chi connectivity index (χ1) is 15.7. The van der Waals surface area contributed by atoms with Crippen LogP contribution in [0.1, 0.15) is 24.2 Å². The molecule has 1 N–H and O–H groups in total. The number of pyridine rings is 1. The van der Waals surface area contributed by atoms with Gasteiger partial charge in [-0.2, -0.15) is 10.4 Å². The number of rotatable bonds is 2. The van der Waals surface area contributed by atoms with E-state index in [0.29, 0.717) is 5.56 Å². The number of nitriles is 1. The summed E-state index contributed by atoms with van der Waals surface area (Å²) in [6.07, 6.45) is 1.76. The van der Waals surface area contributed by atoms with Crippen LogP contribution in [-0.2, 0) is 6.54 Å². The van der Waals surface area contributed by atoms with E-state index in [0.717, 1.165) is 61.4 Å². The second-order valence-corrected chi connectivity index (χ2v) is 8.67. The lowest BCUT2D eigenvalue weighted by Crippen LogP contribution is -2.43. The maximum Gasteiger partial charge on any atom is 0.116 e. The van der Waals surface area contributed by atoms with E-state index in [-0.39, 0.29) is 6.04 Å². The highest BCUT2D eigenvalue weighted by atomic mass is 15.4. The largest absolute Gasteiger partial charge is 0.367 e. The molecule has 7 heteroatoms. The van der Waals surface area contributed by atoms with Gasteiger partial charge in [0.15, 0.2) is 0 Å². The summed E-state index contributed by atoms with van der Waals surface area (Å²) in [5, 5.41) is 20.3. The molecule has 1 saturated heterocycles. The lowest BCUT2D eigenvalue weighted by Gasteiger charge is -2.34. The van der Waals surface area contributed by atoms with Crippen LogP contribution in [0.5, 0.6) is 0 Å². The van der Waals surface area contributed by atoms with Gasteiger partial charge in [-0.05, 0) is 37.3 Å². The molecule has 4 aromatic rings. The molecule has 0 radical (unpaired) electrons. The standard InChI is InChI=1S/C25H25N7/c1-17-15-31(21-8-7-18(14-26)24-19(21)5-3-9-28-24)16-23-20-4-2-6-22(25(20)29-32(17)23)30-12-10-27-11-13-30/h2-9,17,27H,10-13,15-16H2,1H3/t17-/m1/s1. The number of anilines is 2. The molecule has 2 aliphatic rings. The Kier molecular flexibility index (Phi) is 4.47. The zero-order valence-corrected chi connectivity index (χ0v) is 18.1. The molecular weight excluding hydrogens is 398 g/mol. The predicted molar refractivity (Wildman–Crippen MR) is 127 cm³/mol. The second kappa shape index (κ2) is 7.50. The van der Waals surface area contributed by atoms with Gasteiger partial charge in [0.2, 0.25) is 0 Å². The molecule has 2 aromatic heterocycles. The highest BCUT2D eigenvalue weighted by Crippen LogP contribution is 2.37. The Balaban J connectivity index is 1.45. The Labute approximate surface area is 186 Å². The van der Waals surface area contributed by atoms with Gasteiger partial charge >= 0.3 is 0 Å². The fraction of sp³-hybridized carbons (Fsp3) is 0.320. The summed E-state index contributed by atoms with van der Waals surface area (Å²) < 4.78 is 2.22. The smallest absolute Gasteiger partial charge is 0.116 e. The van der Waals surface area contributed by atoms with Crippen LogP contribution in [0.15, 0.2) is 48.7 Å². The van der Waals surface area contributed by atoms with Crippen LogP contribution in [0, 0.1) is 11.3 Å². The quantitative estimate of drug-likeness (QED) is 0.532. The van der Waals surface area contributed by atoms with Gasteiger partial charge in [-0.3, -0.25) is 9.67 Å². The molecular formula is C25H25N7. The number of nitrogens with one attached hydrogen (secondary N) is 1. The van der Waals surface area contributed by atoms with E-state index in [4.69, 9.17) is 5.10 Å².